The Kier molecular flexibility index (Phi) is 6.06. The molecule has 0 spiro atoms. The minimum absolute atomic E-state index is 0.00549. The van der Waals surface area contributed by atoms with Gasteiger partial charge in [-0.25, -0.2) is 15.0 Å². The van der Waals surface area contributed by atoms with Crippen LogP contribution in [-0.2, 0) is 4.74 Å². The minimum atomic E-state index is -0.323. The summed E-state index contributed by atoms with van der Waals surface area (Å²) in [7, 11) is 0. The molecule has 1 amide bonds. The van der Waals surface area contributed by atoms with Gasteiger partial charge in [-0.3, -0.25) is 4.79 Å². The van der Waals surface area contributed by atoms with Crippen molar-refractivity contribution in [3.63, 3.8) is 0 Å². The van der Waals surface area contributed by atoms with Crippen LogP contribution in [0.1, 0.15) is 46.0 Å². The van der Waals surface area contributed by atoms with Gasteiger partial charge in [0.05, 0.1) is 19.3 Å². The lowest BCUT2D eigenvalue weighted by atomic mass is 10.1. The van der Waals surface area contributed by atoms with E-state index in [0.717, 1.165) is 27.4 Å². The van der Waals surface area contributed by atoms with Crippen LogP contribution in [0.25, 0.3) is 10.6 Å². The van der Waals surface area contributed by atoms with Crippen LogP contribution in [0.3, 0.4) is 0 Å². The number of rotatable bonds is 6. The molecule has 1 N–H and O–H groups in total. The third-order valence-electron chi connectivity index (χ3n) is 4.76. The van der Waals surface area contributed by atoms with Crippen molar-refractivity contribution in [2.45, 2.75) is 39.3 Å². The maximum Gasteiger partial charge on any atom is 0.252 e. The second-order valence-corrected chi connectivity index (χ2v) is 8.67. The average molecular weight is 425 g/mol. The molecule has 8 heteroatoms. The first kappa shape index (κ1) is 20.4. The molecule has 1 aliphatic rings. The number of hydrogen-bond donors (Lipinski definition) is 1. The lowest BCUT2D eigenvalue weighted by Gasteiger charge is -2.16. The lowest BCUT2D eigenvalue weighted by molar-refractivity contribution is 0.0937. The molecule has 1 aromatic carbocycles. The van der Waals surface area contributed by atoms with E-state index in [1.807, 2.05) is 39.1 Å². The van der Waals surface area contributed by atoms with Crippen molar-refractivity contribution in [2.24, 2.45) is 0 Å². The highest BCUT2D eigenvalue weighted by Gasteiger charge is 2.20. The fourth-order valence-corrected chi connectivity index (χ4v) is 3.93. The maximum absolute atomic E-state index is 13.0. The molecule has 0 aliphatic carbocycles. The summed E-state index contributed by atoms with van der Waals surface area (Å²) in [5, 5.41) is 3.83. The van der Waals surface area contributed by atoms with Crippen LogP contribution in [0.5, 0.6) is 5.75 Å². The number of thiazole rings is 1. The highest BCUT2D eigenvalue weighted by Crippen LogP contribution is 2.30. The molecule has 156 valence electrons. The summed E-state index contributed by atoms with van der Waals surface area (Å²) in [6.45, 7) is 7.05. The molecule has 0 unspecified atom stereocenters. The third-order valence-corrected chi connectivity index (χ3v) is 5.73. The zero-order valence-corrected chi connectivity index (χ0v) is 18.0. The predicted molar refractivity (Wildman–Crippen MR) is 115 cm³/mol. The summed E-state index contributed by atoms with van der Waals surface area (Å²) in [5.41, 5.74) is 2.34. The number of nitrogens with zero attached hydrogens (tertiary/aromatic N) is 3. The molecule has 4 rings (SSSR count). The number of benzene rings is 1. The Bertz CT molecular complexity index is 1030. The smallest absolute Gasteiger partial charge is 0.252 e. The van der Waals surface area contributed by atoms with E-state index in [2.05, 4.69) is 20.3 Å². The van der Waals surface area contributed by atoms with E-state index < -0.39 is 0 Å². The van der Waals surface area contributed by atoms with Gasteiger partial charge in [0.15, 0.2) is 0 Å². The van der Waals surface area contributed by atoms with Crippen molar-refractivity contribution in [2.75, 3.05) is 13.2 Å². The summed E-state index contributed by atoms with van der Waals surface area (Å²) < 4.78 is 11.5. The Morgan fingerprint density at radius 2 is 2.00 bits per heavy atom. The fraction of sp³-hybridized carbons (Fsp3) is 0.364. The lowest BCUT2D eigenvalue weighted by Crippen LogP contribution is -2.28. The van der Waals surface area contributed by atoms with Gasteiger partial charge in [0.2, 0.25) is 0 Å². The van der Waals surface area contributed by atoms with Gasteiger partial charge >= 0.3 is 0 Å². The quantitative estimate of drug-likeness (QED) is 0.646. The minimum Gasteiger partial charge on any atom is -0.488 e. The molecule has 0 saturated carbocycles. The van der Waals surface area contributed by atoms with Gasteiger partial charge in [0.1, 0.15) is 22.7 Å². The van der Waals surface area contributed by atoms with Crippen molar-refractivity contribution in [1.29, 1.82) is 0 Å². The molecule has 0 radical (unpaired) electrons. The topological polar surface area (TPSA) is 86.2 Å². The standard InChI is InChI=1S/C22H24N4O3S/c1-13-9-23-20(24-10-13)15(3)26-21(27)16-6-17(22-25-11-14(2)30-22)8-19(7-16)29-18-4-5-28-12-18/h6-11,15,18H,4-5,12H2,1-3H3,(H,26,27)/t15-,18+/m1/s1. The molecule has 1 fully saturated rings. The molecule has 30 heavy (non-hydrogen) atoms. The van der Waals surface area contributed by atoms with Crippen molar-refractivity contribution in [3.8, 4) is 16.3 Å². The number of carbonyl (C=O) groups is 1. The Labute approximate surface area is 179 Å². The number of aryl methyl sites for hydroxylation is 2. The predicted octanol–water partition coefficient (Wildman–Crippen LogP) is 3.88. The van der Waals surface area contributed by atoms with E-state index in [1.165, 1.54) is 0 Å². The van der Waals surface area contributed by atoms with Gasteiger partial charge in [0, 0.05) is 41.0 Å². The van der Waals surface area contributed by atoms with E-state index in [9.17, 15) is 4.79 Å². The zero-order chi connectivity index (χ0) is 21.1. The van der Waals surface area contributed by atoms with Crippen LogP contribution >= 0.6 is 11.3 Å². The average Bonchev–Trinajstić information content (AvgIpc) is 3.40. The SMILES string of the molecule is Cc1cnc([C@@H](C)NC(=O)c2cc(O[C@H]3CCOC3)cc(-c3ncc(C)s3)c2)nc1. The summed E-state index contributed by atoms with van der Waals surface area (Å²) in [5.74, 6) is 0.995. The van der Waals surface area contributed by atoms with Gasteiger partial charge in [-0.2, -0.15) is 0 Å². The van der Waals surface area contributed by atoms with Crippen molar-refractivity contribution >= 4 is 17.2 Å². The second kappa shape index (κ2) is 8.89. The monoisotopic (exact) mass is 424 g/mol. The maximum atomic E-state index is 13.0. The highest BCUT2D eigenvalue weighted by molar-refractivity contribution is 7.14. The Hall–Kier alpha value is -2.84. The Morgan fingerprint density at radius 1 is 1.20 bits per heavy atom. The first-order valence-corrected chi connectivity index (χ1v) is 10.7. The molecule has 7 nitrogen and oxygen atoms in total. The van der Waals surface area contributed by atoms with E-state index in [0.29, 0.717) is 30.4 Å². The summed E-state index contributed by atoms with van der Waals surface area (Å²) in [6, 6.07) is 5.21. The first-order valence-electron chi connectivity index (χ1n) is 9.89. The zero-order valence-electron chi connectivity index (χ0n) is 17.2. The number of amides is 1. The number of ether oxygens (including phenoxy) is 2. The van der Waals surface area contributed by atoms with Gasteiger partial charge in [-0.1, -0.05) is 0 Å². The van der Waals surface area contributed by atoms with Gasteiger partial charge in [-0.15, -0.1) is 11.3 Å². The molecule has 3 aromatic rings. The molecule has 3 heterocycles. The highest BCUT2D eigenvalue weighted by atomic mass is 32.1. The second-order valence-electron chi connectivity index (χ2n) is 7.44. The largest absolute Gasteiger partial charge is 0.488 e. The van der Waals surface area contributed by atoms with Crippen molar-refractivity contribution in [1.82, 2.24) is 20.3 Å². The third kappa shape index (κ3) is 4.83. The van der Waals surface area contributed by atoms with Crippen LogP contribution in [0.4, 0.5) is 0 Å². The van der Waals surface area contributed by atoms with E-state index in [1.54, 1.807) is 29.8 Å². The summed E-state index contributed by atoms with van der Waals surface area (Å²) in [6.07, 6.45) is 6.14. The van der Waals surface area contributed by atoms with E-state index in [4.69, 9.17) is 9.47 Å². The van der Waals surface area contributed by atoms with Gasteiger partial charge in [0.25, 0.3) is 5.91 Å². The molecule has 1 aliphatic heterocycles. The van der Waals surface area contributed by atoms with E-state index >= 15 is 0 Å². The summed E-state index contributed by atoms with van der Waals surface area (Å²) >= 11 is 1.58. The van der Waals surface area contributed by atoms with Crippen LogP contribution in [0.15, 0.2) is 36.8 Å². The summed E-state index contributed by atoms with van der Waals surface area (Å²) in [4.78, 5) is 27.2. The van der Waals surface area contributed by atoms with Crippen molar-refractivity contribution < 1.29 is 14.3 Å². The van der Waals surface area contributed by atoms with Crippen LogP contribution in [-0.4, -0.2) is 40.2 Å². The van der Waals surface area contributed by atoms with E-state index in [-0.39, 0.29) is 18.1 Å². The number of nitrogens with one attached hydrogen (secondary N) is 1. The first-order chi connectivity index (χ1) is 14.5. The number of aromatic nitrogens is 3. The van der Waals surface area contributed by atoms with Gasteiger partial charge < -0.3 is 14.8 Å². The van der Waals surface area contributed by atoms with Crippen LogP contribution < -0.4 is 10.1 Å². The Morgan fingerprint density at radius 3 is 2.67 bits per heavy atom. The number of carbonyl (C=O) groups excluding carboxylic acids is 1. The molecule has 2 atom stereocenters. The van der Waals surface area contributed by atoms with Crippen LogP contribution in [0.2, 0.25) is 0 Å². The fourth-order valence-electron chi connectivity index (χ4n) is 3.18. The Balaban J connectivity index is 1.59. The molecule has 2 aromatic heterocycles. The molecular weight excluding hydrogens is 400 g/mol. The molecular formula is C22H24N4O3S. The number of hydrogen-bond acceptors (Lipinski definition) is 7. The molecule has 0 bridgehead atoms. The molecule has 1 saturated heterocycles. The normalized spacial score (nSPS) is 17.0. The van der Waals surface area contributed by atoms with Crippen LogP contribution in [0, 0.1) is 13.8 Å². The van der Waals surface area contributed by atoms with Gasteiger partial charge in [-0.05, 0) is 44.5 Å². The van der Waals surface area contributed by atoms with Crippen molar-refractivity contribution in [3.05, 3.63) is 58.6 Å².